The maximum atomic E-state index is 13.1. The summed E-state index contributed by atoms with van der Waals surface area (Å²) in [6.45, 7) is 1.86. The number of ether oxygens (including phenoxy) is 1. The molecule has 0 spiro atoms. The van der Waals surface area contributed by atoms with Gasteiger partial charge in [-0.05, 0) is 49.6 Å². The number of alkyl halides is 3. The number of hydrogen-bond donors (Lipinski definition) is 0. The van der Waals surface area contributed by atoms with Gasteiger partial charge in [0.25, 0.3) is 5.91 Å². The molecule has 0 bridgehead atoms. The van der Waals surface area contributed by atoms with E-state index in [1.807, 2.05) is 6.07 Å². The van der Waals surface area contributed by atoms with Gasteiger partial charge >= 0.3 is 6.18 Å². The van der Waals surface area contributed by atoms with E-state index in [2.05, 4.69) is 0 Å². The quantitative estimate of drug-likeness (QED) is 0.672. The van der Waals surface area contributed by atoms with E-state index in [0.29, 0.717) is 17.0 Å². The highest BCUT2D eigenvalue weighted by Gasteiger charge is 2.38. The number of fused-ring (bicyclic) bond motifs is 1. The number of halogens is 3. The molecule has 1 aliphatic heterocycles. The summed E-state index contributed by atoms with van der Waals surface area (Å²) in [7, 11) is 0. The van der Waals surface area contributed by atoms with Crippen LogP contribution >= 0.6 is 0 Å². The SMILES string of the molecule is CC(c1cccc(C(F)(F)F)c1)N(C(=O)CCN1C(=O)COc2ccccc21)C1CC1. The first-order chi connectivity index (χ1) is 14.8. The fourth-order valence-corrected chi connectivity index (χ4v) is 3.96. The van der Waals surface area contributed by atoms with Crippen molar-refractivity contribution in [2.75, 3.05) is 18.1 Å². The molecule has 0 aromatic heterocycles. The lowest BCUT2D eigenvalue weighted by molar-refractivity contribution is -0.137. The maximum Gasteiger partial charge on any atom is 0.416 e. The first-order valence-electron chi connectivity index (χ1n) is 10.3. The zero-order valence-corrected chi connectivity index (χ0v) is 17.1. The van der Waals surface area contributed by atoms with Crippen LogP contribution in [0.5, 0.6) is 5.75 Å². The van der Waals surface area contributed by atoms with Gasteiger partial charge in [0.05, 0.1) is 17.3 Å². The monoisotopic (exact) mass is 432 g/mol. The van der Waals surface area contributed by atoms with Crippen LogP contribution in [0.4, 0.5) is 18.9 Å². The fraction of sp³-hybridized carbons (Fsp3) is 0.391. The second-order valence-corrected chi connectivity index (χ2v) is 7.88. The number of nitrogens with zero attached hydrogens (tertiary/aromatic N) is 2. The van der Waals surface area contributed by atoms with Gasteiger partial charge in [-0.3, -0.25) is 9.59 Å². The molecule has 0 N–H and O–H groups in total. The molecule has 164 valence electrons. The van der Waals surface area contributed by atoms with Gasteiger partial charge in [0.15, 0.2) is 6.61 Å². The van der Waals surface area contributed by atoms with Gasteiger partial charge in [-0.1, -0.05) is 24.3 Å². The Morgan fingerprint density at radius 3 is 2.65 bits per heavy atom. The number of rotatable bonds is 6. The molecule has 8 heteroatoms. The fourth-order valence-electron chi connectivity index (χ4n) is 3.96. The summed E-state index contributed by atoms with van der Waals surface area (Å²) in [6.07, 6.45) is -2.70. The minimum Gasteiger partial charge on any atom is -0.482 e. The van der Waals surface area contributed by atoms with E-state index in [-0.39, 0.29) is 37.4 Å². The van der Waals surface area contributed by atoms with Crippen molar-refractivity contribution in [3.8, 4) is 5.75 Å². The van der Waals surface area contributed by atoms with Gasteiger partial charge in [-0.15, -0.1) is 0 Å². The highest BCUT2D eigenvalue weighted by molar-refractivity contribution is 5.98. The molecule has 0 radical (unpaired) electrons. The highest BCUT2D eigenvalue weighted by atomic mass is 19.4. The Morgan fingerprint density at radius 1 is 1.19 bits per heavy atom. The van der Waals surface area contributed by atoms with Crippen molar-refractivity contribution in [1.29, 1.82) is 0 Å². The van der Waals surface area contributed by atoms with E-state index >= 15 is 0 Å². The largest absolute Gasteiger partial charge is 0.482 e. The standard InChI is InChI=1S/C23H23F3N2O3/c1-15(16-5-4-6-17(13-16)23(24,25)26)28(18-9-10-18)21(29)11-12-27-19-7-2-3-8-20(19)31-14-22(27)30/h2-8,13,15,18H,9-12,14H2,1H3. The zero-order chi connectivity index (χ0) is 22.2. The predicted molar refractivity (Wildman–Crippen MR) is 109 cm³/mol. The molecule has 5 nitrogen and oxygen atoms in total. The smallest absolute Gasteiger partial charge is 0.416 e. The van der Waals surface area contributed by atoms with Crippen molar-refractivity contribution in [2.24, 2.45) is 0 Å². The first-order valence-corrected chi connectivity index (χ1v) is 10.3. The van der Waals surface area contributed by atoms with Crippen molar-refractivity contribution in [3.63, 3.8) is 0 Å². The summed E-state index contributed by atoms with van der Waals surface area (Å²) in [5, 5.41) is 0. The van der Waals surface area contributed by atoms with Crippen LogP contribution < -0.4 is 9.64 Å². The average Bonchev–Trinajstić information content (AvgIpc) is 3.57. The van der Waals surface area contributed by atoms with Gasteiger partial charge in [0.2, 0.25) is 5.91 Å². The molecule has 1 atom stereocenters. The first kappa shape index (κ1) is 21.2. The van der Waals surface area contributed by atoms with E-state index in [1.54, 1.807) is 36.1 Å². The van der Waals surface area contributed by atoms with Gasteiger partial charge in [0, 0.05) is 19.0 Å². The summed E-state index contributed by atoms with van der Waals surface area (Å²) in [5.74, 6) is 0.186. The van der Waals surface area contributed by atoms with E-state index in [4.69, 9.17) is 4.74 Å². The molecule has 1 unspecified atom stereocenters. The number of carbonyl (C=O) groups is 2. The predicted octanol–water partition coefficient (Wildman–Crippen LogP) is 4.57. The van der Waals surface area contributed by atoms with Crippen LogP contribution in [0.15, 0.2) is 48.5 Å². The summed E-state index contributed by atoms with van der Waals surface area (Å²) in [5.41, 5.74) is 0.342. The van der Waals surface area contributed by atoms with Crippen LogP contribution in [0.25, 0.3) is 0 Å². The van der Waals surface area contributed by atoms with Gasteiger partial charge in [-0.25, -0.2) is 0 Å². The van der Waals surface area contributed by atoms with E-state index in [1.165, 1.54) is 11.0 Å². The van der Waals surface area contributed by atoms with Crippen LogP contribution in [0.2, 0.25) is 0 Å². The van der Waals surface area contributed by atoms with Crippen LogP contribution in [0.3, 0.4) is 0 Å². The summed E-state index contributed by atoms with van der Waals surface area (Å²) >= 11 is 0. The number of benzene rings is 2. The van der Waals surface area contributed by atoms with Gasteiger partial charge in [-0.2, -0.15) is 13.2 Å². The lowest BCUT2D eigenvalue weighted by Gasteiger charge is -2.32. The number of para-hydroxylation sites is 2. The zero-order valence-electron chi connectivity index (χ0n) is 17.1. The number of carbonyl (C=O) groups excluding carboxylic acids is 2. The minimum atomic E-state index is -4.44. The second-order valence-electron chi connectivity index (χ2n) is 7.88. The maximum absolute atomic E-state index is 13.1. The van der Waals surface area contributed by atoms with Gasteiger partial charge < -0.3 is 14.5 Å². The van der Waals surface area contributed by atoms with Crippen molar-refractivity contribution >= 4 is 17.5 Å². The molecule has 2 amide bonds. The van der Waals surface area contributed by atoms with Crippen LogP contribution in [-0.2, 0) is 15.8 Å². The number of amides is 2. The highest BCUT2D eigenvalue weighted by Crippen LogP contribution is 2.37. The molecule has 0 saturated heterocycles. The summed E-state index contributed by atoms with van der Waals surface area (Å²) < 4.78 is 44.8. The lowest BCUT2D eigenvalue weighted by atomic mass is 10.0. The van der Waals surface area contributed by atoms with E-state index < -0.39 is 17.8 Å². The lowest BCUT2D eigenvalue weighted by Crippen LogP contribution is -2.42. The summed E-state index contributed by atoms with van der Waals surface area (Å²) in [6, 6.07) is 11.8. The van der Waals surface area contributed by atoms with Crippen molar-refractivity contribution in [3.05, 3.63) is 59.7 Å². The average molecular weight is 432 g/mol. The molecule has 2 aromatic carbocycles. The third-order valence-corrected chi connectivity index (χ3v) is 5.70. The normalized spacial score (nSPS) is 17.0. The Hall–Kier alpha value is -3.03. The van der Waals surface area contributed by atoms with Gasteiger partial charge in [0.1, 0.15) is 5.75 Å². The molecule has 31 heavy (non-hydrogen) atoms. The molecule has 2 aromatic rings. The topological polar surface area (TPSA) is 49.9 Å². The Morgan fingerprint density at radius 2 is 1.94 bits per heavy atom. The Labute approximate surface area is 178 Å². The molecule has 2 aliphatic rings. The molecule has 4 rings (SSSR count). The van der Waals surface area contributed by atoms with Crippen molar-refractivity contribution in [2.45, 2.75) is 44.4 Å². The molecular weight excluding hydrogens is 409 g/mol. The summed E-state index contributed by atoms with van der Waals surface area (Å²) in [4.78, 5) is 28.7. The Kier molecular flexibility index (Phi) is 5.64. The third kappa shape index (κ3) is 4.52. The van der Waals surface area contributed by atoms with E-state index in [0.717, 1.165) is 25.0 Å². The molecule has 1 saturated carbocycles. The minimum absolute atomic E-state index is 0.0183. The van der Waals surface area contributed by atoms with Crippen LogP contribution in [0.1, 0.15) is 43.4 Å². The molecule has 1 aliphatic carbocycles. The second kappa shape index (κ2) is 8.24. The number of anilines is 1. The molecule has 1 fully saturated rings. The Bertz CT molecular complexity index is 988. The Balaban J connectivity index is 1.50. The van der Waals surface area contributed by atoms with Crippen molar-refractivity contribution < 1.29 is 27.5 Å². The van der Waals surface area contributed by atoms with Crippen LogP contribution in [0, 0.1) is 0 Å². The van der Waals surface area contributed by atoms with E-state index in [9.17, 15) is 22.8 Å². The third-order valence-electron chi connectivity index (χ3n) is 5.70. The molecular formula is C23H23F3N2O3. The van der Waals surface area contributed by atoms with Crippen LogP contribution in [-0.4, -0.2) is 35.9 Å². The molecule has 1 heterocycles. The number of hydrogen-bond acceptors (Lipinski definition) is 3. The van der Waals surface area contributed by atoms with Crippen molar-refractivity contribution in [1.82, 2.24) is 4.90 Å².